The second kappa shape index (κ2) is 3.66. The first-order chi connectivity index (χ1) is 6.29. The molecule has 2 bridgehead atoms. The molecule has 2 rings (SSSR count). The Bertz CT molecular complexity index is 205. The Balaban J connectivity index is 1.79. The van der Waals surface area contributed by atoms with Crippen LogP contribution in [0.1, 0.15) is 19.8 Å². The average Bonchev–Trinajstić information content (AvgIpc) is 2.65. The van der Waals surface area contributed by atoms with E-state index in [1.54, 1.807) is 0 Å². The highest BCUT2D eigenvalue weighted by Gasteiger charge is 2.38. The summed E-state index contributed by atoms with van der Waals surface area (Å²) in [7, 11) is 0. The molecule has 74 valence electrons. The standard InChI is InChI=1S/C10H17NO2/c1-2-13-10(12)5-9-7-11-4-3-8(9)6-11/h8-9H,2-7H2,1H3. The predicted molar refractivity (Wildman–Crippen MR) is 49.3 cm³/mol. The van der Waals surface area contributed by atoms with Crippen LogP contribution in [0, 0.1) is 11.8 Å². The molecule has 0 aromatic rings. The number of piperidine rings is 1. The van der Waals surface area contributed by atoms with Gasteiger partial charge in [0.1, 0.15) is 0 Å². The number of ether oxygens (including phenoxy) is 1. The van der Waals surface area contributed by atoms with Crippen LogP contribution in [-0.4, -0.2) is 37.1 Å². The summed E-state index contributed by atoms with van der Waals surface area (Å²) in [6.07, 6.45) is 1.92. The zero-order valence-corrected chi connectivity index (χ0v) is 8.16. The highest BCUT2D eigenvalue weighted by Crippen LogP contribution is 2.34. The molecule has 0 spiro atoms. The molecule has 3 unspecified atom stereocenters. The molecular formula is C10H17NO2. The third-order valence-corrected chi connectivity index (χ3v) is 3.20. The van der Waals surface area contributed by atoms with Crippen LogP contribution < -0.4 is 0 Å². The van der Waals surface area contributed by atoms with Crippen LogP contribution in [0.5, 0.6) is 0 Å². The van der Waals surface area contributed by atoms with Gasteiger partial charge in [0.25, 0.3) is 0 Å². The van der Waals surface area contributed by atoms with Crippen molar-refractivity contribution in [1.29, 1.82) is 0 Å². The van der Waals surface area contributed by atoms with Gasteiger partial charge in [0.2, 0.25) is 0 Å². The molecule has 0 aromatic carbocycles. The first-order valence-corrected chi connectivity index (χ1v) is 5.17. The second-order valence-electron chi connectivity index (χ2n) is 4.08. The number of hydrogen-bond acceptors (Lipinski definition) is 3. The molecule has 3 nitrogen and oxygen atoms in total. The molecule has 3 heteroatoms. The van der Waals surface area contributed by atoms with E-state index in [1.807, 2.05) is 6.92 Å². The molecule has 13 heavy (non-hydrogen) atoms. The SMILES string of the molecule is CCOC(=O)CC1CN2CCC1C2. The van der Waals surface area contributed by atoms with Gasteiger partial charge in [-0.25, -0.2) is 0 Å². The lowest BCUT2D eigenvalue weighted by atomic mass is 9.90. The second-order valence-corrected chi connectivity index (χ2v) is 4.08. The molecule has 2 heterocycles. The van der Waals surface area contributed by atoms with E-state index in [1.165, 1.54) is 19.5 Å². The quantitative estimate of drug-likeness (QED) is 0.609. The molecule has 2 saturated heterocycles. The summed E-state index contributed by atoms with van der Waals surface area (Å²) in [4.78, 5) is 13.7. The summed E-state index contributed by atoms with van der Waals surface area (Å²) >= 11 is 0. The Morgan fingerprint density at radius 3 is 2.92 bits per heavy atom. The van der Waals surface area contributed by atoms with Crippen LogP contribution in [0.2, 0.25) is 0 Å². The van der Waals surface area contributed by atoms with Crippen molar-refractivity contribution in [3.8, 4) is 0 Å². The monoisotopic (exact) mass is 183 g/mol. The Labute approximate surface area is 79.0 Å². The van der Waals surface area contributed by atoms with E-state index in [2.05, 4.69) is 4.90 Å². The number of rotatable bonds is 3. The zero-order valence-electron chi connectivity index (χ0n) is 8.16. The van der Waals surface area contributed by atoms with E-state index < -0.39 is 0 Å². The first-order valence-electron chi connectivity index (χ1n) is 5.17. The highest BCUT2D eigenvalue weighted by molar-refractivity contribution is 5.69. The predicted octanol–water partition coefficient (Wildman–Crippen LogP) is 0.891. The largest absolute Gasteiger partial charge is 0.466 e. The van der Waals surface area contributed by atoms with Crippen LogP contribution >= 0.6 is 0 Å². The van der Waals surface area contributed by atoms with Gasteiger partial charge in [-0.2, -0.15) is 0 Å². The third-order valence-electron chi connectivity index (χ3n) is 3.20. The van der Waals surface area contributed by atoms with Crippen LogP contribution in [0.15, 0.2) is 0 Å². The van der Waals surface area contributed by atoms with Crippen molar-refractivity contribution >= 4 is 5.97 Å². The van der Waals surface area contributed by atoms with Crippen LogP contribution in [0.3, 0.4) is 0 Å². The van der Waals surface area contributed by atoms with Gasteiger partial charge in [0, 0.05) is 19.5 Å². The fourth-order valence-electron chi connectivity index (χ4n) is 2.56. The van der Waals surface area contributed by atoms with Crippen LogP contribution in [0.4, 0.5) is 0 Å². The minimum atomic E-state index is -0.0127. The van der Waals surface area contributed by atoms with E-state index in [9.17, 15) is 4.79 Å². The maximum atomic E-state index is 11.2. The Hall–Kier alpha value is -0.570. The number of hydrogen-bond donors (Lipinski definition) is 0. The fraction of sp³-hybridized carbons (Fsp3) is 0.900. The van der Waals surface area contributed by atoms with E-state index in [0.29, 0.717) is 18.9 Å². The van der Waals surface area contributed by atoms with Gasteiger partial charge < -0.3 is 9.64 Å². The maximum absolute atomic E-state index is 11.2. The molecular weight excluding hydrogens is 166 g/mol. The molecule has 2 fully saturated rings. The van der Waals surface area contributed by atoms with Gasteiger partial charge in [-0.3, -0.25) is 4.79 Å². The lowest BCUT2D eigenvalue weighted by Gasteiger charge is -2.20. The van der Waals surface area contributed by atoms with Gasteiger partial charge in [0.05, 0.1) is 6.61 Å². The summed E-state index contributed by atoms with van der Waals surface area (Å²) in [5, 5.41) is 0. The van der Waals surface area contributed by atoms with Crippen molar-refractivity contribution in [3.05, 3.63) is 0 Å². The van der Waals surface area contributed by atoms with Crippen molar-refractivity contribution in [2.75, 3.05) is 26.2 Å². The van der Waals surface area contributed by atoms with Gasteiger partial charge in [-0.1, -0.05) is 0 Å². The summed E-state index contributed by atoms with van der Waals surface area (Å²) < 4.78 is 4.95. The Morgan fingerprint density at radius 2 is 2.38 bits per heavy atom. The van der Waals surface area contributed by atoms with E-state index in [0.717, 1.165) is 12.5 Å². The number of fused-ring (bicyclic) bond motifs is 2. The average molecular weight is 183 g/mol. The summed E-state index contributed by atoms with van der Waals surface area (Å²) in [6, 6.07) is 0. The Kier molecular flexibility index (Phi) is 2.54. The number of nitrogens with zero attached hydrogens (tertiary/aromatic N) is 1. The third kappa shape index (κ3) is 1.85. The fourth-order valence-corrected chi connectivity index (χ4v) is 2.56. The number of carbonyl (C=O) groups excluding carboxylic acids is 1. The summed E-state index contributed by atoms with van der Waals surface area (Å²) in [5.74, 6) is 1.33. The van der Waals surface area contributed by atoms with E-state index >= 15 is 0 Å². The number of esters is 1. The first kappa shape index (κ1) is 9.00. The zero-order chi connectivity index (χ0) is 9.26. The van der Waals surface area contributed by atoms with Gasteiger partial charge in [-0.15, -0.1) is 0 Å². The smallest absolute Gasteiger partial charge is 0.306 e. The molecule has 0 saturated carbocycles. The van der Waals surface area contributed by atoms with Crippen molar-refractivity contribution in [2.45, 2.75) is 19.8 Å². The van der Waals surface area contributed by atoms with Crippen molar-refractivity contribution in [2.24, 2.45) is 11.8 Å². The summed E-state index contributed by atoms with van der Waals surface area (Å²) in [6.45, 7) is 5.94. The lowest BCUT2D eigenvalue weighted by Crippen LogP contribution is -2.25. The molecule has 0 radical (unpaired) electrons. The maximum Gasteiger partial charge on any atom is 0.306 e. The van der Waals surface area contributed by atoms with Crippen LogP contribution in [0.25, 0.3) is 0 Å². The van der Waals surface area contributed by atoms with Crippen LogP contribution in [-0.2, 0) is 9.53 Å². The van der Waals surface area contributed by atoms with Gasteiger partial charge in [-0.05, 0) is 31.7 Å². The highest BCUT2D eigenvalue weighted by atomic mass is 16.5. The lowest BCUT2D eigenvalue weighted by molar-refractivity contribution is -0.144. The molecule has 0 aliphatic carbocycles. The normalized spacial score (nSPS) is 36.5. The van der Waals surface area contributed by atoms with E-state index in [-0.39, 0.29) is 5.97 Å². The molecule has 0 amide bonds. The Morgan fingerprint density at radius 1 is 1.54 bits per heavy atom. The summed E-state index contributed by atoms with van der Waals surface area (Å²) in [5.41, 5.74) is 0. The van der Waals surface area contributed by atoms with Gasteiger partial charge in [0.15, 0.2) is 0 Å². The molecule has 0 aromatic heterocycles. The minimum Gasteiger partial charge on any atom is -0.466 e. The van der Waals surface area contributed by atoms with E-state index in [4.69, 9.17) is 4.74 Å². The van der Waals surface area contributed by atoms with Crippen molar-refractivity contribution in [3.63, 3.8) is 0 Å². The molecule has 2 aliphatic heterocycles. The van der Waals surface area contributed by atoms with Crippen molar-refractivity contribution in [1.82, 2.24) is 4.90 Å². The molecule has 2 aliphatic rings. The number of carbonyl (C=O) groups is 1. The topological polar surface area (TPSA) is 29.5 Å². The molecule has 3 atom stereocenters. The molecule has 0 N–H and O–H groups in total. The van der Waals surface area contributed by atoms with Crippen molar-refractivity contribution < 1.29 is 9.53 Å². The van der Waals surface area contributed by atoms with Gasteiger partial charge >= 0.3 is 5.97 Å². The minimum absolute atomic E-state index is 0.0127.